The van der Waals surface area contributed by atoms with Crippen molar-refractivity contribution in [2.75, 3.05) is 0 Å². The Labute approximate surface area is 120 Å². The fraction of sp³-hybridized carbons (Fsp3) is 0.0714. The molecular weight excluding hydrogens is 270 g/mol. The van der Waals surface area contributed by atoms with Gasteiger partial charge in [0.15, 0.2) is 5.16 Å². The molecule has 0 saturated carbocycles. The van der Waals surface area contributed by atoms with E-state index in [1.807, 2.05) is 18.2 Å². The summed E-state index contributed by atoms with van der Waals surface area (Å²) in [5.41, 5.74) is 9.18. The summed E-state index contributed by atoms with van der Waals surface area (Å²) in [7, 11) is 0. The van der Waals surface area contributed by atoms with E-state index in [-0.39, 0.29) is 5.84 Å². The minimum absolute atomic E-state index is 0.0215. The van der Waals surface area contributed by atoms with E-state index in [0.29, 0.717) is 5.56 Å². The Morgan fingerprint density at radius 2 is 2.15 bits per heavy atom. The van der Waals surface area contributed by atoms with E-state index in [2.05, 4.69) is 27.9 Å². The highest BCUT2D eigenvalue weighted by atomic mass is 32.2. The van der Waals surface area contributed by atoms with Gasteiger partial charge in [-0.3, -0.25) is 5.41 Å². The Hall–Kier alpha value is -2.34. The summed E-state index contributed by atoms with van der Waals surface area (Å²) in [6, 6.07) is 9.72. The molecule has 1 aromatic carbocycles. The van der Waals surface area contributed by atoms with Gasteiger partial charge >= 0.3 is 0 Å². The van der Waals surface area contributed by atoms with Crippen molar-refractivity contribution in [2.24, 2.45) is 5.73 Å². The number of imidazole rings is 1. The molecule has 0 unspecified atom stereocenters. The van der Waals surface area contributed by atoms with Crippen molar-refractivity contribution >= 4 is 28.6 Å². The lowest BCUT2D eigenvalue weighted by molar-refractivity contribution is 1.05. The Balaban J connectivity index is 1.87. The number of pyridine rings is 1. The molecule has 6 heteroatoms. The molecule has 0 saturated heterocycles. The molecule has 20 heavy (non-hydrogen) atoms. The quantitative estimate of drug-likeness (QED) is 0.509. The van der Waals surface area contributed by atoms with Crippen LogP contribution in [0, 0.1) is 12.3 Å². The van der Waals surface area contributed by atoms with Crippen LogP contribution in [-0.2, 0) is 0 Å². The molecule has 0 aliphatic heterocycles. The second kappa shape index (κ2) is 4.97. The number of hydrogen-bond donors (Lipinski definition) is 3. The van der Waals surface area contributed by atoms with Crippen LogP contribution in [0.4, 0.5) is 0 Å². The Morgan fingerprint density at radius 1 is 1.30 bits per heavy atom. The first-order valence-electron chi connectivity index (χ1n) is 6.06. The highest BCUT2D eigenvalue weighted by Crippen LogP contribution is 2.26. The molecule has 5 nitrogen and oxygen atoms in total. The zero-order chi connectivity index (χ0) is 14.1. The minimum Gasteiger partial charge on any atom is -0.384 e. The second-order valence-corrected chi connectivity index (χ2v) is 5.47. The lowest BCUT2D eigenvalue weighted by atomic mass is 10.2. The molecular formula is C14H13N5S. The third-order valence-electron chi connectivity index (χ3n) is 2.86. The van der Waals surface area contributed by atoms with Crippen LogP contribution >= 0.6 is 11.8 Å². The number of rotatable bonds is 3. The number of hydrogen-bond acceptors (Lipinski definition) is 4. The summed E-state index contributed by atoms with van der Waals surface area (Å²) in [6.45, 7) is 2.05. The molecule has 2 aromatic heterocycles. The van der Waals surface area contributed by atoms with E-state index < -0.39 is 0 Å². The van der Waals surface area contributed by atoms with E-state index in [4.69, 9.17) is 11.1 Å². The number of nitrogen functional groups attached to an aromatic ring is 1. The molecule has 3 rings (SSSR count). The molecule has 3 aromatic rings. The van der Waals surface area contributed by atoms with E-state index in [9.17, 15) is 0 Å². The van der Waals surface area contributed by atoms with Crippen molar-refractivity contribution < 1.29 is 0 Å². The molecule has 0 aliphatic carbocycles. The van der Waals surface area contributed by atoms with E-state index in [1.165, 1.54) is 17.3 Å². The highest BCUT2D eigenvalue weighted by Gasteiger charge is 2.06. The predicted octanol–water partition coefficient (Wildman–Crippen LogP) is 2.70. The highest BCUT2D eigenvalue weighted by molar-refractivity contribution is 7.99. The maximum absolute atomic E-state index is 7.33. The fourth-order valence-corrected chi connectivity index (χ4v) is 2.59. The third kappa shape index (κ3) is 2.50. The van der Waals surface area contributed by atoms with Crippen LogP contribution in [0.25, 0.3) is 11.0 Å². The lowest BCUT2D eigenvalue weighted by Crippen LogP contribution is -2.10. The minimum atomic E-state index is 0.0215. The maximum Gasteiger partial charge on any atom is 0.172 e. The number of amidine groups is 1. The molecule has 0 atom stereocenters. The van der Waals surface area contributed by atoms with Crippen molar-refractivity contribution in [3.63, 3.8) is 0 Å². The van der Waals surface area contributed by atoms with Gasteiger partial charge in [0.05, 0.1) is 11.0 Å². The van der Waals surface area contributed by atoms with Crippen LogP contribution in [0.15, 0.2) is 46.7 Å². The molecule has 0 bridgehead atoms. The Morgan fingerprint density at radius 3 is 2.85 bits per heavy atom. The third-order valence-corrected chi connectivity index (χ3v) is 3.70. The number of aromatic nitrogens is 3. The molecule has 0 fully saturated rings. The number of benzene rings is 1. The summed E-state index contributed by atoms with van der Waals surface area (Å²) in [4.78, 5) is 12.0. The van der Waals surface area contributed by atoms with Crippen LogP contribution in [0.3, 0.4) is 0 Å². The molecule has 0 radical (unpaired) electrons. The average Bonchev–Trinajstić information content (AvgIpc) is 2.80. The van der Waals surface area contributed by atoms with Crippen molar-refractivity contribution in [3.8, 4) is 0 Å². The van der Waals surface area contributed by atoms with Crippen molar-refractivity contribution in [1.82, 2.24) is 15.0 Å². The first-order valence-corrected chi connectivity index (χ1v) is 6.88. The van der Waals surface area contributed by atoms with Gasteiger partial charge in [-0.25, -0.2) is 9.97 Å². The van der Waals surface area contributed by atoms with Gasteiger partial charge < -0.3 is 10.7 Å². The largest absolute Gasteiger partial charge is 0.384 e. The molecule has 0 aliphatic rings. The Bertz CT molecular complexity index is 776. The average molecular weight is 283 g/mol. The second-order valence-electron chi connectivity index (χ2n) is 4.46. The number of nitrogens with one attached hydrogen (secondary N) is 2. The lowest BCUT2D eigenvalue weighted by Gasteiger charge is -1.99. The summed E-state index contributed by atoms with van der Waals surface area (Å²) in [6.07, 6.45) is 1.59. The number of aryl methyl sites for hydroxylation is 1. The molecule has 100 valence electrons. The van der Waals surface area contributed by atoms with Crippen molar-refractivity contribution in [2.45, 2.75) is 17.1 Å². The summed E-state index contributed by atoms with van der Waals surface area (Å²) in [5.74, 6) is 0.0215. The number of nitrogens with zero attached hydrogens (tertiary/aromatic N) is 2. The van der Waals surface area contributed by atoms with Crippen LogP contribution in [0.2, 0.25) is 0 Å². The normalized spacial score (nSPS) is 10.8. The van der Waals surface area contributed by atoms with Gasteiger partial charge in [-0.15, -0.1) is 0 Å². The van der Waals surface area contributed by atoms with Crippen LogP contribution in [0.1, 0.15) is 11.1 Å². The SMILES string of the molecule is Cc1ccc2nc(Sc3ccc(C(=N)N)cn3)[nH]c2c1. The maximum atomic E-state index is 7.33. The topological polar surface area (TPSA) is 91.4 Å². The van der Waals surface area contributed by atoms with E-state index in [0.717, 1.165) is 21.2 Å². The molecule has 2 heterocycles. The summed E-state index contributed by atoms with van der Waals surface area (Å²) >= 11 is 1.45. The number of aromatic amines is 1. The first-order chi connectivity index (χ1) is 9.61. The first kappa shape index (κ1) is 12.7. The molecule has 0 amide bonds. The zero-order valence-electron chi connectivity index (χ0n) is 10.8. The number of nitrogens with two attached hydrogens (primary N) is 1. The van der Waals surface area contributed by atoms with Gasteiger partial charge in [-0.2, -0.15) is 0 Å². The van der Waals surface area contributed by atoms with Gasteiger partial charge in [0.2, 0.25) is 0 Å². The fourth-order valence-electron chi connectivity index (χ4n) is 1.85. The van der Waals surface area contributed by atoms with Crippen molar-refractivity contribution in [3.05, 3.63) is 47.7 Å². The van der Waals surface area contributed by atoms with Crippen LogP contribution in [-0.4, -0.2) is 20.8 Å². The smallest absolute Gasteiger partial charge is 0.172 e. The van der Waals surface area contributed by atoms with Gasteiger partial charge in [0, 0.05) is 11.8 Å². The zero-order valence-corrected chi connectivity index (χ0v) is 11.7. The van der Waals surface area contributed by atoms with Gasteiger partial charge in [0.1, 0.15) is 10.9 Å². The van der Waals surface area contributed by atoms with Gasteiger partial charge in [-0.1, -0.05) is 6.07 Å². The summed E-state index contributed by atoms with van der Waals surface area (Å²) in [5, 5.41) is 8.94. The monoisotopic (exact) mass is 283 g/mol. The summed E-state index contributed by atoms with van der Waals surface area (Å²) < 4.78 is 0. The predicted molar refractivity (Wildman–Crippen MR) is 80.2 cm³/mol. The van der Waals surface area contributed by atoms with Crippen molar-refractivity contribution in [1.29, 1.82) is 5.41 Å². The Kier molecular flexibility index (Phi) is 3.15. The standard InChI is InChI=1S/C14H13N5S/c1-8-2-4-10-11(6-8)19-14(18-10)20-12-5-3-9(7-17-12)13(15)16/h2-7H,1H3,(H3,15,16)(H,18,19). The number of H-pyrrole nitrogens is 1. The molecule has 0 spiro atoms. The van der Waals surface area contributed by atoms with Crippen LogP contribution < -0.4 is 5.73 Å². The van der Waals surface area contributed by atoms with E-state index in [1.54, 1.807) is 12.3 Å². The molecule has 4 N–H and O–H groups in total. The van der Waals surface area contributed by atoms with Crippen LogP contribution in [0.5, 0.6) is 0 Å². The van der Waals surface area contributed by atoms with Gasteiger partial charge in [0.25, 0.3) is 0 Å². The van der Waals surface area contributed by atoms with E-state index >= 15 is 0 Å². The van der Waals surface area contributed by atoms with Gasteiger partial charge in [-0.05, 0) is 48.5 Å². The number of fused-ring (bicyclic) bond motifs is 1.